The highest BCUT2D eigenvalue weighted by Crippen LogP contribution is 2.10. The lowest BCUT2D eigenvalue weighted by atomic mass is 10.0. The Balaban J connectivity index is 2.25. The molecule has 0 spiro atoms. The fraction of sp³-hybridized carbons (Fsp3) is 0.800. The van der Waals surface area contributed by atoms with Crippen LogP contribution in [0.25, 0.3) is 0 Å². The van der Waals surface area contributed by atoms with Gasteiger partial charge in [-0.1, -0.05) is 6.92 Å². The molecular weight excluding hydrogens is 196 g/mol. The van der Waals surface area contributed by atoms with Gasteiger partial charge in [-0.25, -0.2) is 4.79 Å². The van der Waals surface area contributed by atoms with Crippen LogP contribution in [0.1, 0.15) is 26.2 Å². The molecule has 1 fully saturated rings. The number of hydrogen-bond donors (Lipinski definition) is 2. The van der Waals surface area contributed by atoms with E-state index in [4.69, 9.17) is 5.11 Å². The highest BCUT2D eigenvalue weighted by Gasteiger charge is 2.22. The third-order valence-corrected chi connectivity index (χ3v) is 2.66. The molecule has 1 rings (SSSR count). The van der Waals surface area contributed by atoms with E-state index in [1.807, 2.05) is 0 Å². The van der Waals surface area contributed by atoms with Gasteiger partial charge in [0.2, 0.25) is 0 Å². The molecule has 15 heavy (non-hydrogen) atoms. The van der Waals surface area contributed by atoms with Gasteiger partial charge in [0.05, 0.1) is 0 Å². The molecule has 0 unspecified atom stereocenters. The SMILES string of the molecule is CCCN1CCC(NC(=O)C(=O)O)CC1. The smallest absolute Gasteiger partial charge is 0.394 e. The normalized spacial score (nSPS) is 18.7. The summed E-state index contributed by atoms with van der Waals surface area (Å²) in [6, 6.07) is 0.0294. The maximum atomic E-state index is 10.9. The first-order valence-electron chi connectivity index (χ1n) is 5.39. The first-order chi connectivity index (χ1) is 7.13. The Morgan fingerprint density at radius 3 is 2.47 bits per heavy atom. The first-order valence-corrected chi connectivity index (χ1v) is 5.39. The highest BCUT2D eigenvalue weighted by molar-refractivity contribution is 6.31. The van der Waals surface area contributed by atoms with Crippen LogP contribution in [0, 0.1) is 0 Å². The minimum absolute atomic E-state index is 0.0294. The van der Waals surface area contributed by atoms with Crippen molar-refractivity contribution < 1.29 is 14.7 Å². The van der Waals surface area contributed by atoms with Crippen molar-refractivity contribution in [1.82, 2.24) is 10.2 Å². The fourth-order valence-electron chi connectivity index (χ4n) is 1.86. The van der Waals surface area contributed by atoms with Gasteiger partial charge in [-0.3, -0.25) is 4.79 Å². The van der Waals surface area contributed by atoms with Crippen molar-refractivity contribution in [1.29, 1.82) is 0 Å². The molecule has 5 heteroatoms. The lowest BCUT2D eigenvalue weighted by molar-refractivity contribution is -0.150. The number of amides is 1. The highest BCUT2D eigenvalue weighted by atomic mass is 16.4. The number of hydrogen-bond acceptors (Lipinski definition) is 3. The molecule has 2 N–H and O–H groups in total. The minimum atomic E-state index is -1.40. The Kier molecular flexibility index (Phi) is 4.55. The van der Waals surface area contributed by atoms with Crippen LogP contribution in [-0.4, -0.2) is 47.6 Å². The van der Waals surface area contributed by atoms with E-state index < -0.39 is 11.9 Å². The number of carbonyl (C=O) groups is 2. The van der Waals surface area contributed by atoms with Crippen LogP contribution in [0.15, 0.2) is 0 Å². The minimum Gasteiger partial charge on any atom is -0.474 e. The molecule has 0 aromatic carbocycles. The molecule has 86 valence electrons. The number of nitrogens with zero attached hydrogens (tertiary/aromatic N) is 1. The molecule has 1 saturated heterocycles. The number of carbonyl (C=O) groups excluding carboxylic acids is 1. The summed E-state index contributed by atoms with van der Waals surface area (Å²) in [5.74, 6) is -2.28. The molecule has 0 aromatic rings. The molecule has 0 saturated carbocycles. The first kappa shape index (κ1) is 12.0. The summed E-state index contributed by atoms with van der Waals surface area (Å²) in [5.41, 5.74) is 0. The third kappa shape index (κ3) is 3.87. The van der Waals surface area contributed by atoms with Crippen LogP contribution in [0.3, 0.4) is 0 Å². The monoisotopic (exact) mass is 214 g/mol. The number of nitrogens with one attached hydrogen (secondary N) is 1. The van der Waals surface area contributed by atoms with Crippen molar-refractivity contribution in [2.45, 2.75) is 32.2 Å². The maximum absolute atomic E-state index is 10.9. The second kappa shape index (κ2) is 5.70. The van der Waals surface area contributed by atoms with Gasteiger partial charge < -0.3 is 15.3 Å². The van der Waals surface area contributed by atoms with Crippen LogP contribution in [0.4, 0.5) is 0 Å². The molecule has 1 aliphatic heterocycles. The standard InChI is InChI=1S/C10H18N2O3/c1-2-5-12-6-3-8(4-7-12)11-9(13)10(14)15/h8H,2-7H2,1H3,(H,11,13)(H,14,15). The zero-order valence-corrected chi connectivity index (χ0v) is 9.03. The molecule has 1 heterocycles. The average molecular weight is 214 g/mol. The molecule has 0 aromatic heterocycles. The molecule has 1 amide bonds. The van der Waals surface area contributed by atoms with Gasteiger partial charge in [0.25, 0.3) is 0 Å². The number of rotatable bonds is 3. The number of carboxylic acids is 1. The third-order valence-electron chi connectivity index (χ3n) is 2.66. The van der Waals surface area contributed by atoms with Gasteiger partial charge in [-0.15, -0.1) is 0 Å². The second-order valence-electron chi connectivity index (χ2n) is 3.89. The number of aliphatic carboxylic acids is 1. The largest absolute Gasteiger partial charge is 0.474 e. The van der Waals surface area contributed by atoms with Gasteiger partial charge in [0.15, 0.2) is 0 Å². The maximum Gasteiger partial charge on any atom is 0.394 e. The van der Waals surface area contributed by atoms with Crippen molar-refractivity contribution in [3.05, 3.63) is 0 Å². The molecule has 5 nitrogen and oxygen atoms in total. The Bertz CT molecular complexity index is 235. The van der Waals surface area contributed by atoms with Gasteiger partial charge in [-0.2, -0.15) is 0 Å². The van der Waals surface area contributed by atoms with Gasteiger partial charge in [0.1, 0.15) is 0 Å². The molecule has 0 aliphatic carbocycles. The van der Waals surface area contributed by atoms with Gasteiger partial charge in [0, 0.05) is 19.1 Å². The van der Waals surface area contributed by atoms with Crippen LogP contribution >= 0.6 is 0 Å². The van der Waals surface area contributed by atoms with E-state index in [1.54, 1.807) is 0 Å². The fourth-order valence-corrected chi connectivity index (χ4v) is 1.86. The van der Waals surface area contributed by atoms with Crippen molar-refractivity contribution in [2.75, 3.05) is 19.6 Å². The van der Waals surface area contributed by atoms with Crippen LogP contribution < -0.4 is 5.32 Å². The lowest BCUT2D eigenvalue weighted by Crippen LogP contribution is -2.46. The van der Waals surface area contributed by atoms with E-state index in [-0.39, 0.29) is 6.04 Å². The van der Waals surface area contributed by atoms with E-state index >= 15 is 0 Å². The van der Waals surface area contributed by atoms with Gasteiger partial charge in [-0.05, 0) is 25.8 Å². The summed E-state index contributed by atoms with van der Waals surface area (Å²) < 4.78 is 0. The molecule has 0 bridgehead atoms. The zero-order chi connectivity index (χ0) is 11.3. The predicted octanol–water partition coefficient (Wildman–Crippen LogP) is 0.0616. The Morgan fingerprint density at radius 2 is 2.00 bits per heavy atom. The summed E-state index contributed by atoms with van der Waals surface area (Å²) in [5, 5.41) is 10.9. The van der Waals surface area contributed by atoms with Gasteiger partial charge >= 0.3 is 11.9 Å². The van der Waals surface area contributed by atoms with Crippen molar-refractivity contribution in [3.63, 3.8) is 0 Å². The van der Waals surface area contributed by atoms with E-state index in [2.05, 4.69) is 17.1 Å². The van der Waals surface area contributed by atoms with E-state index in [0.717, 1.165) is 38.9 Å². The summed E-state index contributed by atoms with van der Waals surface area (Å²) in [6.45, 7) is 5.11. The number of piperidine rings is 1. The van der Waals surface area contributed by atoms with Crippen molar-refractivity contribution in [2.24, 2.45) is 0 Å². The summed E-state index contributed by atoms with van der Waals surface area (Å²) in [6.07, 6.45) is 2.82. The zero-order valence-electron chi connectivity index (χ0n) is 9.03. The van der Waals surface area contributed by atoms with Crippen LogP contribution in [0.2, 0.25) is 0 Å². The average Bonchev–Trinajstić information content (AvgIpc) is 2.21. The predicted molar refractivity (Wildman–Crippen MR) is 55.5 cm³/mol. The van der Waals surface area contributed by atoms with E-state index in [9.17, 15) is 9.59 Å². The topological polar surface area (TPSA) is 69.6 Å². The number of likely N-dealkylation sites (tertiary alicyclic amines) is 1. The quantitative estimate of drug-likeness (QED) is 0.652. The Morgan fingerprint density at radius 1 is 1.40 bits per heavy atom. The molecular formula is C10H18N2O3. The van der Waals surface area contributed by atoms with E-state index in [0.29, 0.717) is 0 Å². The molecule has 0 radical (unpaired) electrons. The summed E-state index contributed by atoms with van der Waals surface area (Å²) >= 11 is 0. The summed E-state index contributed by atoms with van der Waals surface area (Å²) in [4.78, 5) is 23.5. The van der Waals surface area contributed by atoms with E-state index in [1.165, 1.54) is 0 Å². The second-order valence-corrected chi connectivity index (χ2v) is 3.89. The Hall–Kier alpha value is -1.10. The van der Waals surface area contributed by atoms with Crippen LogP contribution in [0.5, 0.6) is 0 Å². The molecule has 1 aliphatic rings. The van der Waals surface area contributed by atoms with Crippen molar-refractivity contribution in [3.8, 4) is 0 Å². The number of carboxylic acid groups (broad SMARTS) is 1. The lowest BCUT2D eigenvalue weighted by Gasteiger charge is -2.31. The molecule has 0 atom stereocenters. The van der Waals surface area contributed by atoms with Crippen molar-refractivity contribution >= 4 is 11.9 Å². The Labute approximate surface area is 89.4 Å². The summed E-state index contributed by atoms with van der Waals surface area (Å²) in [7, 11) is 0. The van der Waals surface area contributed by atoms with Crippen LogP contribution in [-0.2, 0) is 9.59 Å².